The molecule has 0 atom stereocenters. The Morgan fingerprint density at radius 1 is 0.958 bits per heavy atom. The highest BCUT2D eigenvalue weighted by molar-refractivity contribution is 5.77. The molecule has 1 aromatic rings. The van der Waals surface area contributed by atoms with E-state index in [1.165, 1.54) is 56.1 Å². The van der Waals surface area contributed by atoms with Gasteiger partial charge in [0, 0.05) is 0 Å². The monoisotopic (exact) mass is 328 g/mol. The molecule has 2 fully saturated rings. The van der Waals surface area contributed by atoms with E-state index in [0.29, 0.717) is 0 Å². The molecule has 2 heteroatoms. The zero-order valence-corrected chi connectivity index (χ0v) is 14.9. The molecule has 0 amide bonds. The summed E-state index contributed by atoms with van der Waals surface area (Å²) in [6.45, 7) is 0. The van der Waals surface area contributed by atoms with Gasteiger partial charge in [0.1, 0.15) is 0 Å². The van der Waals surface area contributed by atoms with E-state index in [9.17, 15) is 9.90 Å². The lowest BCUT2D eigenvalue weighted by Crippen LogP contribution is -2.14. The molecule has 132 valence electrons. The first-order valence-corrected chi connectivity index (χ1v) is 10.00. The second kappa shape index (κ2) is 8.18. The van der Waals surface area contributed by atoms with Crippen molar-refractivity contribution < 1.29 is 9.90 Å². The van der Waals surface area contributed by atoms with Gasteiger partial charge in [0.05, 0.1) is 5.41 Å². The van der Waals surface area contributed by atoms with Gasteiger partial charge in [-0.3, -0.25) is 4.79 Å². The van der Waals surface area contributed by atoms with Crippen LogP contribution in [0.1, 0.15) is 81.8 Å². The fourth-order valence-electron chi connectivity index (χ4n) is 3.88. The topological polar surface area (TPSA) is 37.3 Å². The Balaban J connectivity index is 1.36. The summed E-state index contributed by atoms with van der Waals surface area (Å²) in [6.07, 6.45) is 15.6. The van der Waals surface area contributed by atoms with Crippen molar-refractivity contribution in [3.63, 3.8) is 0 Å². The summed E-state index contributed by atoms with van der Waals surface area (Å²) in [4.78, 5) is 11.2. The molecule has 2 aliphatic carbocycles. The third-order valence-electron chi connectivity index (χ3n) is 6.03. The summed E-state index contributed by atoms with van der Waals surface area (Å²) < 4.78 is 0. The fourth-order valence-corrected chi connectivity index (χ4v) is 3.88. The van der Waals surface area contributed by atoms with Crippen molar-refractivity contribution in [1.82, 2.24) is 0 Å². The first kappa shape index (κ1) is 17.5. The maximum atomic E-state index is 11.2. The molecule has 3 rings (SSSR count). The van der Waals surface area contributed by atoms with Gasteiger partial charge >= 0.3 is 5.97 Å². The second-order valence-electron chi connectivity index (χ2n) is 8.10. The van der Waals surface area contributed by atoms with Crippen LogP contribution < -0.4 is 0 Å². The van der Waals surface area contributed by atoms with Crippen molar-refractivity contribution in [2.45, 2.75) is 83.5 Å². The Kier molecular flexibility index (Phi) is 5.97. The van der Waals surface area contributed by atoms with Crippen LogP contribution in [-0.4, -0.2) is 11.1 Å². The summed E-state index contributed by atoms with van der Waals surface area (Å²) in [5.74, 6) is 0.493. The maximum absolute atomic E-state index is 11.2. The summed E-state index contributed by atoms with van der Waals surface area (Å²) in [6, 6.07) is 8.86. The predicted octanol–water partition coefficient (Wildman–Crippen LogP) is 5.78. The van der Waals surface area contributed by atoms with Gasteiger partial charge in [0.2, 0.25) is 0 Å². The molecule has 0 heterocycles. The first-order valence-electron chi connectivity index (χ1n) is 10.00. The lowest BCUT2D eigenvalue weighted by atomic mass is 9.94. The zero-order valence-electron chi connectivity index (χ0n) is 14.9. The lowest BCUT2D eigenvalue weighted by Gasteiger charge is -2.11. The van der Waals surface area contributed by atoms with Gasteiger partial charge in [-0.25, -0.2) is 0 Å². The van der Waals surface area contributed by atoms with Gasteiger partial charge in [-0.1, -0.05) is 62.8 Å². The molecule has 0 saturated heterocycles. The molecule has 0 aliphatic heterocycles. The number of benzene rings is 1. The van der Waals surface area contributed by atoms with Crippen LogP contribution in [0, 0.1) is 11.3 Å². The molecule has 1 N–H and O–H groups in total. The second-order valence-corrected chi connectivity index (χ2v) is 8.10. The summed E-state index contributed by atoms with van der Waals surface area (Å²) in [7, 11) is 0. The standard InChI is InChI=1S/C22H32O2/c23-21(24)22(16-17-22)15-7-6-12-20-11-5-4-10-19(20)9-3-1-2-8-18-13-14-18/h4-5,10-11,18H,1-3,6-9,12-17H2,(H,23,24). The van der Waals surface area contributed by atoms with E-state index in [0.717, 1.165) is 44.4 Å². The fraction of sp³-hybridized carbons (Fsp3) is 0.682. The Morgan fingerprint density at radius 3 is 2.12 bits per heavy atom. The van der Waals surface area contributed by atoms with Crippen molar-refractivity contribution in [2.24, 2.45) is 11.3 Å². The van der Waals surface area contributed by atoms with Crippen LogP contribution in [0.2, 0.25) is 0 Å². The molecule has 2 nitrogen and oxygen atoms in total. The van der Waals surface area contributed by atoms with Crippen LogP contribution in [0.5, 0.6) is 0 Å². The summed E-state index contributed by atoms with van der Waals surface area (Å²) >= 11 is 0. The number of hydrogen-bond donors (Lipinski definition) is 1. The first-order chi connectivity index (χ1) is 11.7. The van der Waals surface area contributed by atoms with E-state index >= 15 is 0 Å². The number of carbonyl (C=O) groups is 1. The van der Waals surface area contributed by atoms with Crippen molar-refractivity contribution in [1.29, 1.82) is 0 Å². The molecule has 0 spiro atoms. The molecule has 2 saturated carbocycles. The number of carboxylic acids is 1. The van der Waals surface area contributed by atoms with E-state index in [1.807, 2.05) is 0 Å². The highest BCUT2D eigenvalue weighted by Crippen LogP contribution is 2.50. The molecule has 0 unspecified atom stereocenters. The normalized spacial score (nSPS) is 18.5. The van der Waals surface area contributed by atoms with Crippen molar-refractivity contribution >= 4 is 5.97 Å². The number of unbranched alkanes of at least 4 members (excludes halogenated alkanes) is 3. The number of aryl methyl sites for hydroxylation is 2. The SMILES string of the molecule is O=C(O)C1(CCCCc2ccccc2CCCCCC2CC2)CC1. The van der Waals surface area contributed by atoms with Crippen LogP contribution in [0.25, 0.3) is 0 Å². The molecule has 2 aliphatic rings. The minimum absolute atomic E-state index is 0.346. The number of aliphatic carboxylic acids is 1. The molecule has 0 radical (unpaired) electrons. The van der Waals surface area contributed by atoms with Gasteiger partial charge in [-0.05, 0) is 62.0 Å². The Morgan fingerprint density at radius 2 is 1.58 bits per heavy atom. The van der Waals surface area contributed by atoms with Gasteiger partial charge in [-0.15, -0.1) is 0 Å². The van der Waals surface area contributed by atoms with E-state index in [2.05, 4.69) is 24.3 Å². The zero-order chi connectivity index (χ0) is 16.8. The largest absolute Gasteiger partial charge is 0.481 e. The molecule has 24 heavy (non-hydrogen) atoms. The minimum atomic E-state index is -0.575. The third kappa shape index (κ3) is 5.09. The average Bonchev–Trinajstić information content (AvgIpc) is 3.47. The van der Waals surface area contributed by atoms with Crippen LogP contribution >= 0.6 is 0 Å². The Hall–Kier alpha value is -1.31. The van der Waals surface area contributed by atoms with Crippen LogP contribution in [0.15, 0.2) is 24.3 Å². The van der Waals surface area contributed by atoms with Crippen molar-refractivity contribution in [3.05, 3.63) is 35.4 Å². The molecule has 1 aromatic carbocycles. The van der Waals surface area contributed by atoms with E-state index in [1.54, 1.807) is 0 Å². The van der Waals surface area contributed by atoms with E-state index in [-0.39, 0.29) is 5.41 Å². The van der Waals surface area contributed by atoms with Gasteiger partial charge in [0.25, 0.3) is 0 Å². The smallest absolute Gasteiger partial charge is 0.309 e. The van der Waals surface area contributed by atoms with Crippen LogP contribution in [0.4, 0.5) is 0 Å². The van der Waals surface area contributed by atoms with Crippen molar-refractivity contribution in [2.75, 3.05) is 0 Å². The molecular formula is C22H32O2. The molecule has 0 aromatic heterocycles. The Bertz CT molecular complexity index is 541. The minimum Gasteiger partial charge on any atom is -0.481 e. The maximum Gasteiger partial charge on any atom is 0.309 e. The predicted molar refractivity (Wildman–Crippen MR) is 98.2 cm³/mol. The molecular weight excluding hydrogens is 296 g/mol. The average molecular weight is 328 g/mol. The highest BCUT2D eigenvalue weighted by atomic mass is 16.4. The molecule has 0 bridgehead atoms. The number of rotatable bonds is 12. The third-order valence-corrected chi connectivity index (χ3v) is 6.03. The highest BCUT2D eigenvalue weighted by Gasteiger charge is 2.49. The van der Waals surface area contributed by atoms with E-state index in [4.69, 9.17) is 0 Å². The van der Waals surface area contributed by atoms with E-state index < -0.39 is 5.97 Å². The number of carboxylic acid groups (broad SMARTS) is 1. The van der Waals surface area contributed by atoms with Crippen LogP contribution in [-0.2, 0) is 17.6 Å². The summed E-state index contributed by atoms with van der Waals surface area (Å²) in [5.41, 5.74) is 2.66. The lowest BCUT2D eigenvalue weighted by molar-refractivity contribution is -0.143. The van der Waals surface area contributed by atoms with Crippen LogP contribution in [0.3, 0.4) is 0 Å². The Labute approximate surface area is 146 Å². The van der Waals surface area contributed by atoms with Gasteiger partial charge in [0.15, 0.2) is 0 Å². The van der Waals surface area contributed by atoms with Crippen molar-refractivity contribution in [3.8, 4) is 0 Å². The van der Waals surface area contributed by atoms with Gasteiger partial charge in [-0.2, -0.15) is 0 Å². The summed E-state index contributed by atoms with van der Waals surface area (Å²) in [5, 5.41) is 9.24. The quantitative estimate of drug-likeness (QED) is 0.494. The van der Waals surface area contributed by atoms with Gasteiger partial charge < -0.3 is 5.11 Å². The number of hydrogen-bond acceptors (Lipinski definition) is 1.